The number of imidazole rings is 1. The number of nitrogen functional groups attached to an aromatic ring is 1. The van der Waals surface area contributed by atoms with E-state index in [2.05, 4.69) is 21.5 Å². The standard InChI is InChI=1S/C17H23N5O4/c1-8(2)4-13(24)26-12-5-11(9(3)10(12)6-23)22-7-19-14-15(22)20-17(18)21-16(14)25/h7-8,10-12,23H,3-6H2,1-2H3,(H3,18,20,21,25). The molecule has 0 aliphatic heterocycles. The van der Waals surface area contributed by atoms with E-state index in [0.717, 1.165) is 0 Å². The lowest BCUT2D eigenvalue weighted by atomic mass is 10.0. The summed E-state index contributed by atoms with van der Waals surface area (Å²) in [6.45, 7) is 7.76. The number of carbonyl (C=O) groups is 1. The number of hydrogen-bond donors (Lipinski definition) is 3. The molecule has 0 saturated heterocycles. The number of aromatic amines is 1. The zero-order chi connectivity index (χ0) is 19.0. The summed E-state index contributed by atoms with van der Waals surface area (Å²) in [6.07, 6.45) is 1.75. The molecule has 3 rings (SSSR count). The van der Waals surface area contributed by atoms with Crippen LogP contribution in [0.5, 0.6) is 0 Å². The minimum atomic E-state index is -0.486. The number of fused-ring (bicyclic) bond motifs is 1. The maximum absolute atomic E-state index is 12.0. The van der Waals surface area contributed by atoms with Crippen molar-refractivity contribution in [2.45, 2.75) is 38.8 Å². The van der Waals surface area contributed by atoms with Crippen LogP contribution in [0, 0.1) is 11.8 Å². The largest absolute Gasteiger partial charge is 0.462 e. The number of ether oxygens (including phenoxy) is 1. The molecule has 140 valence electrons. The van der Waals surface area contributed by atoms with Gasteiger partial charge in [0.25, 0.3) is 5.56 Å². The Morgan fingerprint density at radius 1 is 1.58 bits per heavy atom. The maximum Gasteiger partial charge on any atom is 0.306 e. The molecule has 2 aromatic rings. The van der Waals surface area contributed by atoms with Crippen LogP contribution in [0.1, 0.15) is 32.7 Å². The molecule has 9 nitrogen and oxygen atoms in total. The van der Waals surface area contributed by atoms with E-state index in [-0.39, 0.29) is 41.9 Å². The SMILES string of the molecule is C=C1C(CO)C(OC(=O)CC(C)C)CC1n1cnc2c(=O)[nH]c(N)nc21. The molecule has 3 atom stereocenters. The number of rotatable bonds is 5. The Morgan fingerprint density at radius 2 is 2.31 bits per heavy atom. The van der Waals surface area contributed by atoms with Gasteiger partial charge in [-0.05, 0) is 11.5 Å². The van der Waals surface area contributed by atoms with Crippen molar-refractivity contribution in [2.75, 3.05) is 12.3 Å². The number of aliphatic hydroxyl groups excluding tert-OH is 1. The van der Waals surface area contributed by atoms with Gasteiger partial charge in [0.15, 0.2) is 11.2 Å². The van der Waals surface area contributed by atoms with E-state index in [9.17, 15) is 14.7 Å². The van der Waals surface area contributed by atoms with Gasteiger partial charge in [-0.25, -0.2) is 4.98 Å². The van der Waals surface area contributed by atoms with Crippen molar-refractivity contribution in [1.82, 2.24) is 19.5 Å². The number of aromatic nitrogens is 4. The number of esters is 1. The Morgan fingerprint density at radius 3 is 2.96 bits per heavy atom. The molecule has 2 aromatic heterocycles. The summed E-state index contributed by atoms with van der Waals surface area (Å²) in [5, 5.41) is 9.75. The van der Waals surface area contributed by atoms with E-state index < -0.39 is 11.7 Å². The summed E-state index contributed by atoms with van der Waals surface area (Å²) in [7, 11) is 0. The molecule has 1 saturated carbocycles. The highest BCUT2D eigenvalue weighted by atomic mass is 16.5. The van der Waals surface area contributed by atoms with Gasteiger partial charge in [-0.15, -0.1) is 0 Å². The topological polar surface area (TPSA) is 136 Å². The van der Waals surface area contributed by atoms with Crippen LogP contribution < -0.4 is 11.3 Å². The van der Waals surface area contributed by atoms with E-state index in [1.165, 1.54) is 6.33 Å². The minimum absolute atomic E-state index is 0.00789. The number of hydrogen-bond acceptors (Lipinski definition) is 7. The van der Waals surface area contributed by atoms with Crippen LogP contribution in [0.4, 0.5) is 5.95 Å². The summed E-state index contributed by atoms with van der Waals surface area (Å²) < 4.78 is 7.27. The highest BCUT2D eigenvalue weighted by molar-refractivity contribution is 5.71. The number of nitrogens with one attached hydrogen (secondary N) is 1. The summed E-state index contributed by atoms with van der Waals surface area (Å²) >= 11 is 0. The lowest BCUT2D eigenvalue weighted by Crippen LogP contribution is -2.25. The van der Waals surface area contributed by atoms with Crippen molar-refractivity contribution in [3.63, 3.8) is 0 Å². The fourth-order valence-corrected chi connectivity index (χ4v) is 3.40. The Labute approximate surface area is 149 Å². The molecule has 2 heterocycles. The Kier molecular flexibility index (Phi) is 4.82. The Balaban J connectivity index is 1.91. The van der Waals surface area contributed by atoms with Gasteiger partial charge in [0.05, 0.1) is 19.0 Å². The van der Waals surface area contributed by atoms with E-state index in [0.29, 0.717) is 24.1 Å². The number of nitrogens with two attached hydrogens (primary N) is 1. The predicted octanol–water partition coefficient (Wildman–Crippen LogP) is 0.769. The smallest absolute Gasteiger partial charge is 0.306 e. The fourth-order valence-electron chi connectivity index (χ4n) is 3.40. The molecule has 3 unspecified atom stereocenters. The molecular weight excluding hydrogens is 338 g/mol. The van der Waals surface area contributed by atoms with Crippen LogP contribution in [-0.2, 0) is 9.53 Å². The van der Waals surface area contributed by atoms with Crippen molar-refractivity contribution in [3.8, 4) is 0 Å². The third-order valence-corrected chi connectivity index (χ3v) is 4.65. The van der Waals surface area contributed by atoms with Gasteiger partial charge >= 0.3 is 5.97 Å². The zero-order valence-electron chi connectivity index (χ0n) is 14.8. The highest BCUT2D eigenvalue weighted by Crippen LogP contribution is 2.41. The summed E-state index contributed by atoms with van der Waals surface area (Å²) in [5.74, 6) is -0.502. The fraction of sp³-hybridized carbons (Fsp3) is 0.529. The van der Waals surface area contributed by atoms with Crippen LogP contribution in [0.2, 0.25) is 0 Å². The van der Waals surface area contributed by atoms with Gasteiger partial charge in [0, 0.05) is 18.8 Å². The highest BCUT2D eigenvalue weighted by Gasteiger charge is 2.41. The average molecular weight is 361 g/mol. The first kappa shape index (κ1) is 18.1. The second-order valence-corrected chi connectivity index (χ2v) is 7.02. The molecule has 0 spiro atoms. The molecule has 26 heavy (non-hydrogen) atoms. The third-order valence-electron chi connectivity index (χ3n) is 4.65. The lowest BCUT2D eigenvalue weighted by Gasteiger charge is -2.18. The quantitative estimate of drug-likeness (QED) is 0.528. The molecule has 1 aliphatic carbocycles. The van der Waals surface area contributed by atoms with Crippen molar-refractivity contribution in [2.24, 2.45) is 11.8 Å². The molecule has 4 N–H and O–H groups in total. The van der Waals surface area contributed by atoms with Gasteiger partial charge in [-0.3, -0.25) is 14.6 Å². The number of H-pyrrole nitrogens is 1. The second-order valence-electron chi connectivity index (χ2n) is 7.02. The van der Waals surface area contributed by atoms with Gasteiger partial charge < -0.3 is 20.1 Å². The first-order chi connectivity index (χ1) is 12.3. The van der Waals surface area contributed by atoms with Crippen molar-refractivity contribution < 1.29 is 14.6 Å². The first-order valence-corrected chi connectivity index (χ1v) is 8.53. The molecule has 1 fully saturated rings. The molecule has 0 radical (unpaired) electrons. The van der Waals surface area contributed by atoms with E-state index in [1.807, 2.05) is 13.8 Å². The molecule has 9 heteroatoms. The zero-order valence-corrected chi connectivity index (χ0v) is 14.8. The number of carbonyl (C=O) groups excluding carboxylic acids is 1. The van der Waals surface area contributed by atoms with Crippen LogP contribution >= 0.6 is 0 Å². The lowest BCUT2D eigenvalue weighted by molar-refractivity contribution is -0.151. The number of anilines is 1. The van der Waals surface area contributed by atoms with E-state index in [1.54, 1.807) is 4.57 Å². The van der Waals surface area contributed by atoms with Gasteiger partial charge in [0.2, 0.25) is 5.95 Å². The van der Waals surface area contributed by atoms with Crippen molar-refractivity contribution >= 4 is 23.1 Å². The van der Waals surface area contributed by atoms with Crippen LogP contribution in [-0.4, -0.2) is 43.3 Å². The van der Waals surface area contributed by atoms with Gasteiger partial charge in [-0.2, -0.15) is 4.98 Å². The summed E-state index contributed by atoms with van der Waals surface area (Å²) in [4.78, 5) is 34.7. The molecular formula is C17H23N5O4. The normalized spacial score (nSPS) is 23.1. The first-order valence-electron chi connectivity index (χ1n) is 8.53. The maximum atomic E-state index is 12.0. The number of aliphatic hydroxyl groups is 1. The second kappa shape index (κ2) is 6.91. The van der Waals surface area contributed by atoms with Crippen molar-refractivity contribution in [3.05, 3.63) is 28.8 Å². The monoisotopic (exact) mass is 361 g/mol. The molecule has 0 aromatic carbocycles. The van der Waals surface area contributed by atoms with Crippen LogP contribution in [0.25, 0.3) is 11.2 Å². The van der Waals surface area contributed by atoms with Gasteiger partial charge in [0.1, 0.15) is 6.10 Å². The average Bonchev–Trinajstić information content (AvgIpc) is 3.07. The third kappa shape index (κ3) is 3.22. The van der Waals surface area contributed by atoms with E-state index in [4.69, 9.17) is 10.5 Å². The summed E-state index contributed by atoms with van der Waals surface area (Å²) in [6, 6.07) is -0.303. The van der Waals surface area contributed by atoms with E-state index >= 15 is 0 Å². The molecule has 1 aliphatic rings. The molecule has 0 amide bonds. The van der Waals surface area contributed by atoms with Crippen LogP contribution in [0.3, 0.4) is 0 Å². The predicted molar refractivity (Wildman–Crippen MR) is 95.3 cm³/mol. The van der Waals surface area contributed by atoms with Crippen molar-refractivity contribution in [1.29, 1.82) is 0 Å². The minimum Gasteiger partial charge on any atom is -0.462 e. The summed E-state index contributed by atoms with van der Waals surface area (Å²) in [5.41, 5.74) is 6.43. The van der Waals surface area contributed by atoms with Gasteiger partial charge in [-0.1, -0.05) is 20.4 Å². The Bertz CT molecular complexity index is 900. The number of nitrogens with zero attached hydrogens (tertiary/aromatic N) is 3. The Hall–Kier alpha value is -2.68. The molecule has 0 bridgehead atoms. The van der Waals surface area contributed by atoms with Crippen LogP contribution in [0.15, 0.2) is 23.3 Å².